The average Bonchev–Trinajstić information content (AvgIpc) is 2.77. The zero-order valence-corrected chi connectivity index (χ0v) is 19.4. The van der Waals surface area contributed by atoms with Crippen molar-refractivity contribution in [2.75, 3.05) is 27.2 Å². The zero-order valence-electron chi connectivity index (χ0n) is 19.4. The van der Waals surface area contributed by atoms with Crippen molar-refractivity contribution in [1.82, 2.24) is 9.80 Å². The summed E-state index contributed by atoms with van der Waals surface area (Å²) in [5.74, 6) is 0.153. The number of hydrogen-bond donors (Lipinski definition) is 0. The highest BCUT2D eigenvalue weighted by molar-refractivity contribution is 5.94. The lowest BCUT2D eigenvalue weighted by molar-refractivity contribution is -0.384. The van der Waals surface area contributed by atoms with E-state index in [4.69, 9.17) is 0 Å². The largest absolute Gasteiger partial charge is 0.335 e. The van der Waals surface area contributed by atoms with Gasteiger partial charge in [-0.1, -0.05) is 44.2 Å². The molecular weight excluding hydrogens is 402 g/mol. The van der Waals surface area contributed by atoms with E-state index in [0.717, 1.165) is 43.5 Å². The van der Waals surface area contributed by atoms with Crippen LogP contribution < -0.4 is 0 Å². The highest BCUT2D eigenvalue weighted by Crippen LogP contribution is 2.38. The van der Waals surface area contributed by atoms with Crippen LogP contribution in [0.15, 0.2) is 42.5 Å². The van der Waals surface area contributed by atoms with E-state index in [1.165, 1.54) is 0 Å². The molecule has 1 atom stereocenters. The van der Waals surface area contributed by atoms with Crippen LogP contribution in [0.1, 0.15) is 50.2 Å². The van der Waals surface area contributed by atoms with E-state index in [9.17, 15) is 14.9 Å². The van der Waals surface area contributed by atoms with Gasteiger partial charge in [0.1, 0.15) is 0 Å². The summed E-state index contributed by atoms with van der Waals surface area (Å²) < 4.78 is 0. The van der Waals surface area contributed by atoms with Gasteiger partial charge in [0.05, 0.1) is 16.6 Å². The van der Waals surface area contributed by atoms with E-state index in [1.54, 1.807) is 24.3 Å². The molecule has 2 aromatic carbocycles. The first-order valence-corrected chi connectivity index (χ1v) is 11.2. The van der Waals surface area contributed by atoms with Crippen molar-refractivity contribution < 1.29 is 9.72 Å². The first-order valence-electron chi connectivity index (χ1n) is 11.2. The maximum absolute atomic E-state index is 13.1. The van der Waals surface area contributed by atoms with E-state index in [0.29, 0.717) is 11.1 Å². The fourth-order valence-corrected chi connectivity index (χ4v) is 4.46. The van der Waals surface area contributed by atoms with E-state index in [-0.39, 0.29) is 23.6 Å². The van der Waals surface area contributed by atoms with Crippen LogP contribution in [0.4, 0.5) is 5.69 Å². The summed E-state index contributed by atoms with van der Waals surface area (Å²) in [6, 6.07) is 14.0. The molecule has 6 nitrogen and oxygen atoms in total. The van der Waals surface area contributed by atoms with E-state index >= 15 is 0 Å². The molecule has 6 heteroatoms. The van der Waals surface area contributed by atoms with Crippen molar-refractivity contribution >= 4 is 17.7 Å². The smallest absolute Gasteiger partial charge is 0.285 e. The fourth-order valence-electron chi connectivity index (χ4n) is 4.46. The number of carbonyl (C=O) groups excluding carboxylic acids is 1. The number of amides is 1. The van der Waals surface area contributed by atoms with Gasteiger partial charge in [0.2, 0.25) is 5.91 Å². The van der Waals surface area contributed by atoms with Crippen molar-refractivity contribution in [2.24, 2.45) is 0 Å². The van der Waals surface area contributed by atoms with Gasteiger partial charge >= 0.3 is 0 Å². The van der Waals surface area contributed by atoms with Crippen LogP contribution in [0.2, 0.25) is 0 Å². The third-order valence-electron chi connectivity index (χ3n) is 5.93. The van der Waals surface area contributed by atoms with E-state index < -0.39 is 4.92 Å². The average molecular weight is 435 g/mol. The summed E-state index contributed by atoms with van der Waals surface area (Å²) in [6.45, 7) is 5.71. The number of nitrogens with zero attached hydrogens (tertiary/aromatic N) is 3. The van der Waals surface area contributed by atoms with Gasteiger partial charge in [-0.15, -0.1) is 0 Å². The van der Waals surface area contributed by atoms with Crippen LogP contribution in [0.3, 0.4) is 0 Å². The Labute approximate surface area is 190 Å². The van der Waals surface area contributed by atoms with Crippen molar-refractivity contribution in [1.29, 1.82) is 0 Å². The predicted molar refractivity (Wildman–Crippen MR) is 128 cm³/mol. The van der Waals surface area contributed by atoms with Crippen LogP contribution in [0.25, 0.3) is 17.2 Å². The number of likely N-dealkylation sites (tertiary alicyclic amines) is 1. The van der Waals surface area contributed by atoms with Gasteiger partial charge in [0.25, 0.3) is 5.69 Å². The van der Waals surface area contributed by atoms with Crippen molar-refractivity contribution in [3.05, 3.63) is 69.8 Å². The quantitative estimate of drug-likeness (QED) is 0.344. The second kappa shape index (κ2) is 10.6. The topological polar surface area (TPSA) is 66.7 Å². The monoisotopic (exact) mass is 434 g/mol. The summed E-state index contributed by atoms with van der Waals surface area (Å²) in [5, 5.41) is 11.8. The molecule has 0 aromatic heterocycles. The Morgan fingerprint density at radius 3 is 2.72 bits per heavy atom. The van der Waals surface area contributed by atoms with Gasteiger partial charge in [-0.25, -0.2) is 0 Å². The van der Waals surface area contributed by atoms with E-state index in [2.05, 4.69) is 24.8 Å². The standard InChI is InChI=1S/C26H32N3O3/c1-19(2)22-12-5-6-13-23(22)26-20(10-9-14-24(26)29(31)32)15-16-25(30)28-17-8-7-11-21(28)18-27(3)4/h5-6,9-10,12-13,15-16,19,21H,7-8,11,17-18H2,1-4H3/b16-15+. The van der Waals surface area contributed by atoms with Gasteiger partial charge in [-0.2, -0.15) is 0 Å². The minimum absolute atomic E-state index is 0.0462. The van der Waals surface area contributed by atoms with Crippen LogP contribution in [-0.2, 0) is 4.79 Å². The molecule has 0 spiro atoms. The molecule has 32 heavy (non-hydrogen) atoms. The number of nitro benzene ring substituents is 1. The van der Waals surface area contributed by atoms with Gasteiger partial charge in [-0.3, -0.25) is 14.9 Å². The molecule has 0 bridgehead atoms. The second-order valence-electron chi connectivity index (χ2n) is 8.93. The number of nitro groups is 1. The number of hydrogen-bond acceptors (Lipinski definition) is 4. The number of piperidine rings is 1. The number of benzene rings is 2. The number of likely N-dealkylation sites (N-methyl/N-ethyl adjacent to an activating group) is 1. The summed E-state index contributed by atoms with van der Waals surface area (Å²) in [6.07, 6.45) is 6.41. The van der Waals surface area contributed by atoms with Crippen LogP contribution in [0, 0.1) is 16.2 Å². The lowest BCUT2D eigenvalue weighted by Crippen LogP contribution is -2.47. The van der Waals surface area contributed by atoms with Crippen LogP contribution >= 0.6 is 0 Å². The molecule has 0 saturated carbocycles. The highest BCUT2D eigenvalue weighted by atomic mass is 16.6. The fraction of sp³-hybridized carbons (Fsp3) is 0.423. The molecule has 1 saturated heterocycles. The first-order chi connectivity index (χ1) is 15.3. The molecule has 1 amide bonds. The van der Waals surface area contributed by atoms with Gasteiger partial charge in [0.15, 0.2) is 0 Å². The van der Waals surface area contributed by atoms with Gasteiger partial charge in [0, 0.05) is 25.2 Å². The van der Waals surface area contributed by atoms with Gasteiger partial charge < -0.3 is 9.80 Å². The predicted octanol–water partition coefficient (Wildman–Crippen LogP) is 5.14. The minimum Gasteiger partial charge on any atom is -0.335 e. The highest BCUT2D eigenvalue weighted by Gasteiger charge is 2.26. The molecule has 1 radical (unpaired) electrons. The van der Waals surface area contributed by atoms with E-state index in [1.807, 2.05) is 43.3 Å². The second-order valence-corrected chi connectivity index (χ2v) is 8.93. The summed E-state index contributed by atoms with van der Waals surface area (Å²) >= 11 is 0. The molecule has 1 heterocycles. The lowest BCUT2D eigenvalue weighted by Gasteiger charge is -2.36. The zero-order chi connectivity index (χ0) is 23.3. The maximum Gasteiger partial charge on any atom is 0.285 e. The number of carbonyl (C=O) groups is 1. The Kier molecular flexibility index (Phi) is 7.80. The molecule has 0 aliphatic carbocycles. The third-order valence-corrected chi connectivity index (χ3v) is 5.93. The Morgan fingerprint density at radius 2 is 2.03 bits per heavy atom. The van der Waals surface area contributed by atoms with Crippen molar-refractivity contribution in [3.63, 3.8) is 0 Å². The summed E-state index contributed by atoms with van der Waals surface area (Å²) in [7, 11) is 4.04. The molecule has 1 unspecified atom stereocenters. The first kappa shape index (κ1) is 23.7. The SMILES string of the molecule is CC(C)c1ccccc1-c1c([N+](=O)[O-])[c]ccc1/C=C/C(=O)N1CCCCC1CN(C)C. The summed E-state index contributed by atoms with van der Waals surface area (Å²) in [4.78, 5) is 28.6. The molecule has 0 N–H and O–H groups in total. The third kappa shape index (κ3) is 5.43. The Morgan fingerprint density at radius 1 is 1.28 bits per heavy atom. The molecule has 1 fully saturated rings. The molecule has 169 valence electrons. The van der Waals surface area contributed by atoms with Crippen LogP contribution in [0.5, 0.6) is 0 Å². The van der Waals surface area contributed by atoms with Crippen molar-refractivity contribution in [3.8, 4) is 11.1 Å². The van der Waals surface area contributed by atoms with Gasteiger partial charge in [-0.05, 0) is 68.1 Å². The lowest BCUT2D eigenvalue weighted by atomic mass is 9.89. The number of rotatable bonds is 7. The normalized spacial score (nSPS) is 16.8. The van der Waals surface area contributed by atoms with Crippen LogP contribution in [-0.4, -0.2) is 53.9 Å². The molecule has 3 rings (SSSR count). The molecular formula is C26H32N3O3. The minimum atomic E-state index is -0.399. The Bertz CT molecular complexity index is 998. The molecule has 1 aliphatic rings. The molecule has 2 aromatic rings. The molecule has 1 aliphatic heterocycles. The Balaban J connectivity index is 2.00. The summed E-state index contributed by atoms with van der Waals surface area (Å²) in [5.41, 5.74) is 2.92. The van der Waals surface area contributed by atoms with Crippen molar-refractivity contribution in [2.45, 2.75) is 45.1 Å². The maximum atomic E-state index is 13.1. The Hall–Kier alpha value is -2.99.